The number of benzene rings is 1. The summed E-state index contributed by atoms with van der Waals surface area (Å²) >= 11 is 0. The molecule has 4 heteroatoms. The molecule has 4 nitrogen and oxygen atoms in total. The standard InChI is InChI=1S/C13H11N2O2/c1-15(11-6-3-2-4-7-11)13(16)17-12-8-5-9-14-10-12/h2-10H,1H2/q-1. The molecule has 1 aromatic heterocycles. The minimum absolute atomic E-state index is 0.391. The second-order valence-corrected chi connectivity index (χ2v) is 3.32. The van der Waals surface area contributed by atoms with Crippen LogP contribution in [0.4, 0.5) is 10.5 Å². The van der Waals surface area contributed by atoms with Gasteiger partial charge in [-0.15, -0.1) is 0 Å². The first kappa shape index (κ1) is 11.1. The lowest BCUT2D eigenvalue weighted by molar-refractivity contribution is 0.210. The van der Waals surface area contributed by atoms with Gasteiger partial charge in [-0.25, -0.2) is 11.8 Å². The average Bonchev–Trinajstić information content (AvgIpc) is 2.40. The highest BCUT2D eigenvalue weighted by molar-refractivity contribution is 5.89. The first-order valence-electron chi connectivity index (χ1n) is 5.05. The monoisotopic (exact) mass is 227 g/mol. The number of hydrogen-bond acceptors (Lipinski definition) is 3. The number of ether oxygens (including phenoxy) is 1. The lowest BCUT2D eigenvalue weighted by Crippen LogP contribution is -2.27. The van der Waals surface area contributed by atoms with E-state index in [1.165, 1.54) is 11.1 Å². The van der Waals surface area contributed by atoms with Gasteiger partial charge in [-0.3, -0.25) is 4.98 Å². The van der Waals surface area contributed by atoms with Crippen LogP contribution < -0.4 is 9.64 Å². The van der Waals surface area contributed by atoms with Crippen LogP contribution in [-0.2, 0) is 0 Å². The van der Waals surface area contributed by atoms with E-state index < -0.39 is 6.09 Å². The molecule has 0 bridgehead atoms. The highest BCUT2D eigenvalue weighted by Crippen LogP contribution is 2.15. The van der Waals surface area contributed by atoms with E-state index in [2.05, 4.69) is 12.0 Å². The molecular weight excluding hydrogens is 216 g/mol. The van der Waals surface area contributed by atoms with Crippen LogP contribution in [0.5, 0.6) is 5.75 Å². The molecule has 0 aliphatic rings. The molecule has 86 valence electrons. The number of pyridine rings is 1. The number of aromatic nitrogens is 1. The van der Waals surface area contributed by atoms with Crippen molar-refractivity contribution in [2.24, 2.45) is 0 Å². The van der Waals surface area contributed by atoms with Gasteiger partial charge in [0, 0.05) is 11.9 Å². The van der Waals surface area contributed by atoms with E-state index in [0.29, 0.717) is 11.4 Å². The fourth-order valence-corrected chi connectivity index (χ4v) is 1.28. The molecule has 0 aliphatic heterocycles. The number of hydrogen-bond donors (Lipinski definition) is 0. The minimum Gasteiger partial charge on any atom is -0.432 e. The summed E-state index contributed by atoms with van der Waals surface area (Å²) in [5.41, 5.74) is 0.668. The highest BCUT2D eigenvalue weighted by Gasteiger charge is 2.07. The van der Waals surface area contributed by atoms with Gasteiger partial charge in [-0.05, 0) is 24.3 Å². The van der Waals surface area contributed by atoms with Gasteiger partial charge in [0.1, 0.15) is 0 Å². The Balaban J connectivity index is 2.06. The Hall–Kier alpha value is -2.36. The number of para-hydroxylation sites is 1. The Labute approximate surface area is 99.5 Å². The summed E-state index contributed by atoms with van der Waals surface area (Å²) in [5.74, 6) is 0.391. The first-order valence-corrected chi connectivity index (χ1v) is 5.05. The minimum atomic E-state index is -0.552. The lowest BCUT2D eigenvalue weighted by atomic mass is 10.3. The van der Waals surface area contributed by atoms with Crippen molar-refractivity contribution in [1.82, 2.24) is 4.98 Å². The second kappa shape index (κ2) is 5.12. The Morgan fingerprint density at radius 3 is 2.59 bits per heavy atom. The van der Waals surface area contributed by atoms with Gasteiger partial charge in [-0.1, -0.05) is 18.2 Å². The molecule has 0 N–H and O–H groups in total. The van der Waals surface area contributed by atoms with Gasteiger partial charge in [-0.2, -0.15) is 0 Å². The Morgan fingerprint density at radius 1 is 1.18 bits per heavy atom. The average molecular weight is 227 g/mol. The van der Waals surface area contributed by atoms with Gasteiger partial charge < -0.3 is 9.64 Å². The van der Waals surface area contributed by atoms with Crippen molar-refractivity contribution in [2.45, 2.75) is 0 Å². The van der Waals surface area contributed by atoms with E-state index in [4.69, 9.17) is 4.74 Å². The van der Waals surface area contributed by atoms with E-state index in [0.717, 1.165) is 0 Å². The first-order chi connectivity index (χ1) is 8.27. The van der Waals surface area contributed by atoms with E-state index in [-0.39, 0.29) is 0 Å². The Kier molecular flexibility index (Phi) is 3.35. The summed E-state index contributed by atoms with van der Waals surface area (Å²) in [7, 11) is 3.64. The van der Waals surface area contributed by atoms with Crippen LogP contribution in [0.25, 0.3) is 0 Å². The van der Waals surface area contributed by atoms with Crippen molar-refractivity contribution in [1.29, 1.82) is 0 Å². The van der Waals surface area contributed by atoms with Crippen LogP contribution in [0.1, 0.15) is 0 Å². The maximum absolute atomic E-state index is 11.7. The Bertz CT molecular complexity index is 485. The summed E-state index contributed by atoms with van der Waals surface area (Å²) in [6.07, 6.45) is 2.52. The second-order valence-electron chi connectivity index (χ2n) is 3.32. The molecular formula is C13H11N2O2-. The van der Waals surface area contributed by atoms with Gasteiger partial charge in [0.2, 0.25) is 0 Å². The highest BCUT2D eigenvalue weighted by atomic mass is 16.6. The predicted octanol–water partition coefficient (Wildman–Crippen LogP) is 2.88. The molecule has 0 saturated carbocycles. The van der Waals surface area contributed by atoms with Crippen molar-refractivity contribution < 1.29 is 9.53 Å². The zero-order valence-electron chi connectivity index (χ0n) is 9.11. The van der Waals surface area contributed by atoms with Crippen molar-refractivity contribution in [3.8, 4) is 5.75 Å². The van der Waals surface area contributed by atoms with Crippen LogP contribution in [0.2, 0.25) is 0 Å². The van der Waals surface area contributed by atoms with Crippen LogP contribution in [-0.4, -0.2) is 11.1 Å². The third-order valence-electron chi connectivity index (χ3n) is 2.13. The van der Waals surface area contributed by atoms with Crippen molar-refractivity contribution >= 4 is 11.8 Å². The summed E-state index contributed by atoms with van der Waals surface area (Å²) in [4.78, 5) is 16.8. The van der Waals surface area contributed by atoms with Gasteiger partial charge >= 0.3 is 6.09 Å². The largest absolute Gasteiger partial charge is 0.432 e. The zero-order chi connectivity index (χ0) is 12.1. The molecule has 0 spiro atoms. The molecule has 0 unspecified atom stereocenters. The molecule has 0 aliphatic carbocycles. The number of carbonyl (C=O) groups excluding carboxylic acids is 1. The molecule has 0 atom stereocenters. The van der Waals surface area contributed by atoms with Crippen molar-refractivity contribution in [3.05, 3.63) is 61.9 Å². The number of carbonyl (C=O) groups is 1. The predicted molar refractivity (Wildman–Crippen MR) is 64.5 cm³/mol. The quantitative estimate of drug-likeness (QED) is 0.741. The van der Waals surface area contributed by atoms with Gasteiger partial charge in [0.15, 0.2) is 5.75 Å². The fourth-order valence-electron chi connectivity index (χ4n) is 1.28. The summed E-state index contributed by atoms with van der Waals surface area (Å²) in [5, 5.41) is 0. The summed E-state index contributed by atoms with van der Waals surface area (Å²) in [6.45, 7) is 0. The maximum atomic E-state index is 11.7. The number of amides is 1. The summed E-state index contributed by atoms with van der Waals surface area (Å²) in [6, 6.07) is 12.4. The number of nitrogens with zero attached hydrogens (tertiary/aromatic N) is 2. The van der Waals surface area contributed by atoms with Crippen molar-refractivity contribution in [2.75, 3.05) is 4.90 Å². The van der Waals surface area contributed by atoms with Crippen LogP contribution in [0, 0.1) is 7.05 Å². The number of anilines is 1. The smallest absolute Gasteiger partial charge is 0.389 e. The normalized spacial score (nSPS) is 9.71. The van der Waals surface area contributed by atoms with Crippen molar-refractivity contribution in [3.63, 3.8) is 0 Å². The van der Waals surface area contributed by atoms with E-state index in [1.54, 1.807) is 30.5 Å². The number of rotatable bonds is 2. The van der Waals surface area contributed by atoms with Crippen LogP contribution in [0.3, 0.4) is 0 Å². The molecule has 2 aromatic rings. The SMILES string of the molecule is [CH2-]N(C(=O)Oc1cccnc1)c1ccccc1. The van der Waals surface area contributed by atoms with E-state index in [9.17, 15) is 4.79 Å². The molecule has 0 radical (unpaired) electrons. The molecule has 0 fully saturated rings. The van der Waals surface area contributed by atoms with Crippen LogP contribution in [0.15, 0.2) is 54.9 Å². The molecule has 1 heterocycles. The Morgan fingerprint density at radius 2 is 1.94 bits per heavy atom. The zero-order valence-corrected chi connectivity index (χ0v) is 9.11. The van der Waals surface area contributed by atoms with Crippen LogP contribution >= 0.6 is 0 Å². The molecule has 2 rings (SSSR count). The molecule has 1 aromatic carbocycles. The molecule has 0 saturated heterocycles. The van der Waals surface area contributed by atoms with E-state index >= 15 is 0 Å². The van der Waals surface area contributed by atoms with Gasteiger partial charge in [0.05, 0.1) is 6.20 Å². The maximum Gasteiger partial charge on any atom is 0.389 e. The molecule has 1 amide bonds. The van der Waals surface area contributed by atoms with Gasteiger partial charge in [0.25, 0.3) is 0 Å². The molecule has 17 heavy (non-hydrogen) atoms. The van der Waals surface area contributed by atoms with E-state index in [1.807, 2.05) is 18.2 Å². The fraction of sp³-hybridized carbons (Fsp3) is 0. The lowest BCUT2D eigenvalue weighted by Gasteiger charge is -2.24. The topological polar surface area (TPSA) is 42.4 Å². The summed E-state index contributed by atoms with van der Waals surface area (Å²) < 4.78 is 5.09. The third-order valence-corrected chi connectivity index (χ3v) is 2.13. The third kappa shape index (κ3) is 2.81.